The third kappa shape index (κ3) is 4.71. The maximum Gasteiger partial charge on any atom is 0.0546 e. The molecule has 1 aliphatic heterocycles. The monoisotopic (exact) mass is 384 g/mol. The predicted octanol–water partition coefficient (Wildman–Crippen LogP) is 5.51. The van der Waals surface area contributed by atoms with Crippen LogP contribution in [0.1, 0.15) is 79.0 Å². The number of hydrogen-bond donors (Lipinski definition) is 0. The maximum absolute atomic E-state index is 4.80. The second-order valence-corrected chi connectivity index (χ2v) is 10.2. The summed E-state index contributed by atoms with van der Waals surface area (Å²) in [5.74, 6) is 0.572. The second kappa shape index (κ2) is 8.44. The van der Waals surface area contributed by atoms with E-state index in [-0.39, 0.29) is 11.1 Å². The van der Waals surface area contributed by atoms with Crippen LogP contribution in [0.2, 0.25) is 0 Å². The van der Waals surface area contributed by atoms with Crippen molar-refractivity contribution in [2.75, 3.05) is 13.1 Å². The van der Waals surface area contributed by atoms with Crippen molar-refractivity contribution in [3.63, 3.8) is 0 Å². The van der Waals surface area contributed by atoms with Crippen LogP contribution in [0.3, 0.4) is 0 Å². The van der Waals surface area contributed by atoms with Crippen LogP contribution in [0.5, 0.6) is 0 Å². The molecule has 4 heteroatoms. The molecule has 3 rings (SSSR count). The van der Waals surface area contributed by atoms with Gasteiger partial charge in [-0.15, -0.1) is 0 Å². The number of likely N-dealkylation sites (tertiary alicyclic amines) is 1. The first-order chi connectivity index (χ1) is 13.2. The Hall–Kier alpha value is -1.55. The van der Waals surface area contributed by atoms with E-state index >= 15 is 0 Å². The first-order valence-electron chi connectivity index (χ1n) is 11.1. The first kappa shape index (κ1) is 21.2. The molecule has 1 unspecified atom stereocenters. The molecule has 0 aromatic carbocycles. The molecule has 0 spiro atoms. The van der Waals surface area contributed by atoms with Crippen LogP contribution in [0, 0.1) is 5.92 Å². The highest BCUT2D eigenvalue weighted by atomic mass is 15.3. The lowest BCUT2D eigenvalue weighted by atomic mass is 9.89. The minimum atomic E-state index is 0.0393. The molecule has 1 aliphatic rings. The van der Waals surface area contributed by atoms with Crippen molar-refractivity contribution in [3.8, 4) is 0 Å². The van der Waals surface area contributed by atoms with Gasteiger partial charge in [-0.1, -0.05) is 13.8 Å². The summed E-state index contributed by atoms with van der Waals surface area (Å²) in [6.45, 7) is 16.7. The molecule has 4 nitrogen and oxygen atoms in total. The Balaban J connectivity index is 1.73. The molecule has 0 saturated carbocycles. The van der Waals surface area contributed by atoms with Gasteiger partial charge in [-0.3, -0.25) is 9.58 Å². The van der Waals surface area contributed by atoms with E-state index in [2.05, 4.69) is 86.3 Å². The average Bonchev–Trinajstić information content (AvgIpc) is 3.38. The maximum atomic E-state index is 4.80. The quantitative estimate of drug-likeness (QED) is 0.569. The van der Waals surface area contributed by atoms with Gasteiger partial charge >= 0.3 is 0 Å². The van der Waals surface area contributed by atoms with Crippen molar-refractivity contribution >= 4 is 0 Å². The van der Waals surface area contributed by atoms with Crippen molar-refractivity contribution in [3.05, 3.63) is 42.5 Å². The highest BCUT2D eigenvalue weighted by molar-refractivity contribution is 5.08. The fourth-order valence-corrected chi connectivity index (χ4v) is 4.77. The summed E-state index contributed by atoms with van der Waals surface area (Å²) in [6.07, 6.45) is 12.4. The average molecular weight is 385 g/mol. The molecule has 2 aromatic heterocycles. The Kier molecular flexibility index (Phi) is 6.38. The molecule has 1 atom stereocenters. The minimum absolute atomic E-state index is 0.0393. The van der Waals surface area contributed by atoms with Crippen LogP contribution in [0.25, 0.3) is 0 Å². The van der Waals surface area contributed by atoms with E-state index in [0.29, 0.717) is 12.0 Å². The van der Waals surface area contributed by atoms with Gasteiger partial charge in [0.05, 0.1) is 6.04 Å². The predicted molar refractivity (Wildman–Crippen MR) is 118 cm³/mol. The van der Waals surface area contributed by atoms with E-state index in [1.165, 1.54) is 44.5 Å². The van der Waals surface area contributed by atoms with Crippen LogP contribution in [0.15, 0.2) is 36.8 Å². The molecule has 3 heterocycles. The summed E-state index contributed by atoms with van der Waals surface area (Å²) in [5.41, 5.74) is 1.66. The number of rotatable bonds is 9. The van der Waals surface area contributed by atoms with Crippen LogP contribution in [-0.2, 0) is 12.0 Å². The third-order valence-electron chi connectivity index (χ3n) is 6.77. The fourth-order valence-electron chi connectivity index (χ4n) is 4.77. The molecule has 1 saturated heterocycles. The molecule has 0 amide bonds. The molecule has 2 aromatic rings. The summed E-state index contributed by atoms with van der Waals surface area (Å²) in [4.78, 5) is 2.68. The zero-order valence-electron chi connectivity index (χ0n) is 18.9. The van der Waals surface area contributed by atoms with E-state index < -0.39 is 0 Å². The van der Waals surface area contributed by atoms with Gasteiger partial charge in [0.15, 0.2) is 0 Å². The number of hydrogen-bond acceptors (Lipinski definition) is 2. The SMILES string of the molecule is CC(C)C(CCC(C)(C)N1CCCC1)n1nccc1CC(C)(C)n1cccc1. The van der Waals surface area contributed by atoms with Gasteiger partial charge in [-0.05, 0) is 90.6 Å². The van der Waals surface area contributed by atoms with Crippen molar-refractivity contribution in [2.45, 2.75) is 90.8 Å². The topological polar surface area (TPSA) is 26.0 Å². The molecule has 0 bridgehead atoms. The first-order valence-corrected chi connectivity index (χ1v) is 11.1. The number of nitrogens with zero attached hydrogens (tertiary/aromatic N) is 4. The standard InChI is InChI=1S/C24H40N4/c1-20(2)22(11-13-23(3,4)26-15-7-8-16-26)28-21(12-14-25-28)19-24(5,6)27-17-9-10-18-27/h9-10,12,14,17-18,20,22H,7-8,11,13,15-16,19H2,1-6H3. The van der Waals surface area contributed by atoms with Crippen molar-refractivity contribution in [1.29, 1.82) is 0 Å². The van der Waals surface area contributed by atoms with Crippen molar-refractivity contribution in [2.24, 2.45) is 5.92 Å². The van der Waals surface area contributed by atoms with Crippen molar-refractivity contribution < 1.29 is 0 Å². The molecule has 0 N–H and O–H groups in total. The second-order valence-electron chi connectivity index (χ2n) is 10.2. The van der Waals surface area contributed by atoms with Gasteiger partial charge in [-0.2, -0.15) is 5.10 Å². The lowest BCUT2D eigenvalue weighted by Crippen LogP contribution is -2.42. The van der Waals surface area contributed by atoms with Gasteiger partial charge in [0, 0.05) is 41.8 Å². The molecule has 1 fully saturated rings. The van der Waals surface area contributed by atoms with Gasteiger partial charge in [0.1, 0.15) is 0 Å². The molecule has 28 heavy (non-hydrogen) atoms. The zero-order valence-corrected chi connectivity index (χ0v) is 18.9. The Morgan fingerprint density at radius 2 is 1.64 bits per heavy atom. The van der Waals surface area contributed by atoms with E-state index in [0.717, 1.165) is 6.42 Å². The Labute approximate surface area is 171 Å². The molecular weight excluding hydrogens is 344 g/mol. The highest BCUT2D eigenvalue weighted by Gasteiger charge is 2.31. The van der Waals surface area contributed by atoms with E-state index in [9.17, 15) is 0 Å². The highest BCUT2D eigenvalue weighted by Crippen LogP contribution is 2.32. The zero-order chi connectivity index (χ0) is 20.4. The smallest absolute Gasteiger partial charge is 0.0546 e. The number of aromatic nitrogens is 3. The third-order valence-corrected chi connectivity index (χ3v) is 6.77. The van der Waals surface area contributed by atoms with E-state index in [4.69, 9.17) is 5.10 Å². The van der Waals surface area contributed by atoms with Crippen LogP contribution in [-0.4, -0.2) is 37.9 Å². The van der Waals surface area contributed by atoms with Gasteiger partial charge in [0.2, 0.25) is 0 Å². The van der Waals surface area contributed by atoms with Crippen LogP contribution < -0.4 is 0 Å². The van der Waals surface area contributed by atoms with Crippen LogP contribution in [0.4, 0.5) is 0 Å². The van der Waals surface area contributed by atoms with Gasteiger partial charge in [0.25, 0.3) is 0 Å². The molecule has 0 radical (unpaired) electrons. The lowest BCUT2D eigenvalue weighted by molar-refractivity contribution is 0.128. The fraction of sp³-hybridized carbons (Fsp3) is 0.708. The largest absolute Gasteiger partial charge is 0.348 e. The summed E-state index contributed by atoms with van der Waals surface area (Å²) < 4.78 is 4.64. The Morgan fingerprint density at radius 1 is 1.00 bits per heavy atom. The normalized spacial score (nSPS) is 17.5. The van der Waals surface area contributed by atoms with E-state index in [1.54, 1.807) is 0 Å². The molecule has 0 aliphatic carbocycles. The summed E-state index contributed by atoms with van der Waals surface area (Å²) >= 11 is 0. The van der Waals surface area contributed by atoms with Gasteiger partial charge < -0.3 is 4.57 Å². The van der Waals surface area contributed by atoms with E-state index in [1.807, 2.05) is 6.20 Å². The van der Waals surface area contributed by atoms with Crippen LogP contribution >= 0.6 is 0 Å². The summed E-state index contributed by atoms with van der Waals surface area (Å²) in [5, 5.41) is 4.80. The lowest BCUT2D eigenvalue weighted by Gasteiger charge is -2.37. The van der Waals surface area contributed by atoms with Crippen molar-refractivity contribution in [1.82, 2.24) is 19.2 Å². The Bertz CT molecular complexity index is 718. The summed E-state index contributed by atoms with van der Waals surface area (Å²) in [6, 6.07) is 6.88. The van der Waals surface area contributed by atoms with Gasteiger partial charge in [-0.25, -0.2) is 0 Å². The molecular formula is C24H40N4. The summed E-state index contributed by atoms with van der Waals surface area (Å²) in [7, 11) is 0. The minimum Gasteiger partial charge on any atom is -0.348 e. The molecule has 156 valence electrons. The Morgan fingerprint density at radius 3 is 2.25 bits per heavy atom.